The van der Waals surface area contributed by atoms with E-state index in [-0.39, 0.29) is 5.91 Å². The quantitative estimate of drug-likeness (QED) is 0.634. The fraction of sp³-hybridized carbons (Fsp3) is 0.261. The molecule has 1 fully saturated rings. The van der Waals surface area contributed by atoms with E-state index in [9.17, 15) is 9.59 Å². The van der Waals surface area contributed by atoms with Crippen molar-refractivity contribution in [2.45, 2.75) is 0 Å². The van der Waals surface area contributed by atoms with Crippen LogP contribution in [0.3, 0.4) is 0 Å². The van der Waals surface area contributed by atoms with E-state index < -0.39 is 0 Å². The molecule has 1 saturated heterocycles. The highest BCUT2D eigenvalue weighted by atomic mass is 16.5. The number of fused-ring (bicyclic) bond motifs is 1. The van der Waals surface area contributed by atoms with Gasteiger partial charge in [0.25, 0.3) is 5.91 Å². The zero-order chi connectivity index (χ0) is 22.0. The number of rotatable bonds is 5. The zero-order valence-electron chi connectivity index (χ0n) is 17.5. The first-order chi connectivity index (χ1) is 15.0. The molecule has 0 aliphatic carbocycles. The standard InChI is InChI=1S/C23H24N4O4/c1-30-20-11-17-18(24)12-22(25-19(17)13-21(20)31-2)26-6-8-27(9-7-26)23(29)16-5-3-4-15(10-16)14-28/h3-5,10-14H,6-9H2,1-2H3,(H2,24,25). The fourth-order valence-corrected chi connectivity index (χ4v) is 3.79. The SMILES string of the molecule is COc1cc2nc(N3CCN(C(=O)c4cccc(C=O)c4)CC3)cc(N)c2cc1OC. The lowest BCUT2D eigenvalue weighted by molar-refractivity contribution is 0.0746. The number of anilines is 2. The van der Waals surface area contributed by atoms with Crippen LogP contribution in [-0.4, -0.2) is 62.5 Å². The Labute approximate surface area is 180 Å². The fourth-order valence-electron chi connectivity index (χ4n) is 3.79. The summed E-state index contributed by atoms with van der Waals surface area (Å²) in [5.74, 6) is 1.87. The third-order valence-corrected chi connectivity index (χ3v) is 5.49. The predicted molar refractivity (Wildman–Crippen MR) is 119 cm³/mol. The maximum Gasteiger partial charge on any atom is 0.253 e. The number of carbonyl (C=O) groups is 2. The van der Waals surface area contributed by atoms with Crippen molar-refractivity contribution < 1.29 is 19.1 Å². The van der Waals surface area contributed by atoms with Gasteiger partial charge in [-0.15, -0.1) is 0 Å². The van der Waals surface area contributed by atoms with E-state index in [0.717, 1.165) is 23.0 Å². The Morgan fingerprint density at radius 2 is 1.74 bits per heavy atom. The molecule has 0 saturated carbocycles. The summed E-state index contributed by atoms with van der Waals surface area (Å²) in [5, 5.41) is 0.797. The highest BCUT2D eigenvalue weighted by molar-refractivity contribution is 5.96. The highest BCUT2D eigenvalue weighted by Crippen LogP contribution is 2.35. The van der Waals surface area contributed by atoms with Crippen molar-refractivity contribution in [1.82, 2.24) is 9.88 Å². The number of nitrogens with zero attached hydrogens (tertiary/aromatic N) is 3. The average Bonchev–Trinajstić information content (AvgIpc) is 2.82. The molecule has 1 aliphatic rings. The number of hydrogen-bond donors (Lipinski definition) is 1. The molecule has 0 radical (unpaired) electrons. The highest BCUT2D eigenvalue weighted by Gasteiger charge is 2.24. The number of aldehydes is 1. The average molecular weight is 420 g/mol. The molecule has 8 nitrogen and oxygen atoms in total. The molecule has 0 bridgehead atoms. The summed E-state index contributed by atoms with van der Waals surface area (Å²) in [5.41, 5.74) is 8.64. The first kappa shape index (κ1) is 20.5. The molecular formula is C23H24N4O4. The molecule has 4 rings (SSSR count). The number of methoxy groups -OCH3 is 2. The predicted octanol–water partition coefficient (Wildman–Crippen LogP) is 2.61. The number of nitrogens with two attached hydrogens (primary N) is 1. The second kappa shape index (κ2) is 8.51. The minimum absolute atomic E-state index is 0.0776. The number of carbonyl (C=O) groups excluding carboxylic acids is 2. The Hall–Kier alpha value is -3.81. The molecule has 160 valence electrons. The van der Waals surface area contributed by atoms with Crippen molar-refractivity contribution in [2.75, 3.05) is 51.0 Å². The summed E-state index contributed by atoms with van der Waals surface area (Å²) in [7, 11) is 3.16. The number of piperazine rings is 1. The maximum atomic E-state index is 12.8. The van der Waals surface area contributed by atoms with E-state index in [1.54, 1.807) is 43.4 Å². The van der Waals surface area contributed by atoms with Crippen molar-refractivity contribution in [2.24, 2.45) is 0 Å². The Balaban J connectivity index is 1.53. The van der Waals surface area contributed by atoms with E-state index in [1.165, 1.54) is 0 Å². The number of hydrogen-bond acceptors (Lipinski definition) is 7. The van der Waals surface area contributed by atoms with Gasteiger partial charge in [-0.05, 0) is 18.2 Å². The smallest absolute Gasteiger partial charge is 0.253 e. The second-order valence-electron chi connectivity index (χ2n) is 7.32. The van der Waals surface area contributed by atoms with E-state index in [1.807, 2.05) is 18.2 Å². The molecule has 1 aromatic heterocycles. The summed E-state index contributed by atoms with van der Waals surface area (Å²) < 4.78 is 10.7. The summed E-state index contributed by atoms with van der Waals surface area (Å²) in [4.78, 5) is 32.5. The van der Waals surface area contributed by atoms with Crippen LogP contribution in [0.4, 0.5) is 11.5 Å². The van der Waals surface area contributed by atoms with Gasteiger partial charge in [-0.1, -0.05) is 12.1 Å². The van der Waals surface area contributed by atoms with Gasteiger partial charge < -0.3 is 25.0 Å². The minimum atomic E-state index is -0.0776. The van der Waals surface area contributed by atoms with Gasteiger partial charge >= 0.3 is 0 Å². The lowest BCUT2D eigenvalue weighted by Gasteiger charge is -2.35. The largest absolute Gasteiger partial charge is 0.493 e. The lowest BCUT2D eigenvalue weighted by atomic mass is 10.1. The number of nitrogen functional groups attached to an aromatic ring is 1. The first-order valence-corrected chi connectivity index (χ1v) is 9.95. The number of pyridine rings is 1. The number of aromatic nitrogens is 1. The summed E-state index contributed by atoms with van der Waals surface area (Å²) in [6, 6.07) is 12.2. The molecule has 8 heteroatoms. The molecule has 0 spiro atoms. The Kier molecular flexibility index (Phi) is 5.62. The zero-order valence-corrected chi connectivity index (χ0v) is 17.5. The minimum Gasteiger partial charge on any atom is -0.493 e. The summed E-state index contributed by atoms with van der Waals surface area (Å²) in [6.07, 6.45) is 0.745. The van der Waals surface area contributed by atoms with E-state index in [4.69, 9.17) is 20.2 Å². The third kappa shape index (κ3) is 3.96. The van der Waals surface area contributed by atoms with Crippen molar-refractivity contribution in [3.8, 4) is 11.5 Å². The number of benzene rings is 2. The molecule has 2 heterocycles. The summed E-state index contributed by atoms with van der Waals surface area (Å²) >= 11 is 0. The summed E-state index contributed by atoms with van der Waals surface area (Å²) in [6.45, 7) is 2.36. The van der Waals surface area contributed by atoms with Gasteiger partial charge in [0, 0.05) is 60.5 Å². The van der Waals surface area contributed by atoms with Crippen LogP contribution < -0.4 is 20.1 Å². The first-order valence-electron chi connectivity index (χ1n) is 9.95. The van der Waals surface area contributed by atoms with E-state index >= 15 is 0 Å². The molecule has 0 unspecified atom stereocenters. The van der Waals surface area contributed by atoms with Crippen LogP contribution in [0.5, 0.6) is 11.5 Å². The second-order valence-corrected chi connectivity index (χ2v) is 7.32. The van der Waals surface area contributed by atoms with E-state index in [2.05, 4.69) is 4.90 Å². The van der Waals surface area contributed by atoms with Crippen LogP contribution in [0.25, 0.3) is 10.9 Å². The van der Waals surface area contributed by atoms with Gasteiger partial charge in [0.1, 0.15) is 12.1 Å². The molecule has 31 heavy (non-hydrogen) atoms. The molecule has 3 aromatic rings. The van der Waals surface area contributed by atoms with Crippen LogP contribution in [-0.2, 0) is 0 Å². The van der Waals surface area contributed by atoms with Crippen LogP contribution in [0.2, 0.25) is 0 Å². The molecule has 2 aromatic carbocycles. The Morgan fingerprint density at radius 3 is 2.42 bits per heavy atom. The van der Waals surface area contributed by atoms with Gasteiger partial charge in [-0.2, -0.15) is 0 Å². The molecular weight excluding hydrogens is 396 g/mol. The van der Waals surface area contributed by atoms with Crippen molar-refractivity contribution in [3.05, 3.63) is 53.6 Å². The van der Waals surface area contributed by atoms with Gasteiger partial charge in [-0.25, -0.2) is 4.98 Å². The number of amides is 1. The maximum absolute atomic E-state index is 12.8. The molecule has 1 amide bonds. The molecule has 1 aliphatic heterocycles. The van der Waals surface area contributed by atoms with Crippen LogP contribution in [0, 0.1) is 0 Å². The van der Waals surface area contributed by atoms with Crippen LogP contribution in [0.1, 0.15) is 20.7 Å². The van der Waals surface area contributed by atoms with Crippen molar-refractivity contribution in [1.29, 1.82) is 0 Å². The third-order valence-electron chi connectivity index (χ3n) is 5.49. The van der Waals surface area contributed by atoms with Gasteiger partial charge in [0.2, 0.25) is 0 Å². The van der Waals surface area contributed by atoms with Crippen LogP contribution in [0.15, 0.2) is 42.5 Å². The monoisotopic (exact) mass is 420 g/mol. The van der Waals surface area contributed by atoms with Gasteiger partial charge in [-0.3, -0.25) is 9.59 Å². The normalized spacial score (nSPS) is 13.9. The number of ether oxygens (including phenoxy) is 2. The lowest BCUT2D eigenvalue weighted by Crippen LogP contribution is -2.49. The van der Waals surface area contributed by atoms with E-state index in [0.29, 0.717) is 54.5 Å². The van der Waals surface area contributed by atoms with Crippen LogP contribution >= 0.6 is 0 Å². The van der Waals surface area contributed by atoms with Crippen molar-refractivity contribution >= 4 is 34.6 Å². The Morgan fingerprint density at radius 1 is 1.03 bits per heavy atom. The van der Waals surface area contributed by atoms with Gasteiger partial charge in [0.05, 0.1) is 19.7 Å². The molecule has 2 N–H and O–H groups in total. The Bertz CT molecular complexity index is 1140. The van der Waals surface area contributed by atoms with Crippen molar-refractivity contribution in [3.63, 3.8) is 0 Å². The van der Waals surface area contributed by atoms with Gasteiger partial charge in [0.15, 0.2) is 11.5 Å². The molecule has 0 atom stereocenters. The topological polar surface area (TPSA) is 98.0 Å².